The highest BCUT2D eigenvalue weighted by atomic mass is 31.2. The lowest BCUT2D eigenvalue weighted by atomic mass is 10.2. The van der Waals surface area contributed by atoms with Gasteiger partial charge in [-0.2, -0.15) is 14.6 Å². The molecule has 2 saturated heterocycles. The number of ether oxygens (including phenoxy) is 2. The second kappa shape index (κ2) is 15.1. The summed E-state index contributed by atoms with van der Waals surface area (Å²) >= 11 is 0. The van der Waals surface area contributed by atoms with E-state index in [1.807, 2.05) is 60.7 Å². The molecule has 0 spiro atoms. The fourth-order valence-corrected chi connectivity index (χ4v) is 8.25. The molecule has 0 aliphatic carbocycles. The molecule has 2 aliphatic heterocycles. The van der Waals surface area contributed by atoms with Gasteiger partial charge in [0, 0.05) is 32.1 Å². The minimum Gasteiger partial charge on any atom is -0.394 e. The maximum Gasteiger partial charge on any atom is 0.409 e. The molecule has 2 aliphatic rings. The molecule has 18 nitrogen and oxygen atoms in total. The van der Waals surface area contributed by atoms with E-state index in [1.54, 1.807) is 4.67 Å². The predicted molar refractivity (Wildman–Crippen MR) is 186 cm³/mol. The molecule has 7 unspecified atom stereocenters. The lowest BCUT2D eigenvalue weighted by Crippen LogP contribution is -2.33. The van der Waals surface area contributed by atoms with Crippen LogP contribution in [0.15, 0.2) is 88.8 Å². The van der Waals surface area contributed by atoms with Gasteiger partial charge in [-0.25, -0.2) is 14.3 Å². The van der Waals surface area contributed by atoms with Crippen molar-refractivity contribution in [2.24, 2.45) is 0 Å². The number of hydrogen-bond acceptors (Lipinski definition) is 14. The van der Waals surface area contributed by atoms with Gasteiger partial charge in [0.15, 0.2) is 11.2 Å². The first-order valence-corrected chi connectivity index (χ1v) is 18.0. The normalized spacial score (nSPS) is 24.4. The molecule has 2 aromatic carbocycles. The molecular weight excluding hydrogens is 697 g/mol. The van der Waals surface area contributed by atoms with Crippen molar-refractivity contribution in [3.05, 3.63) is 111 Å². The maximum absolute atomic E-state index is 15.4. The predicted octanol–water partition coefficient (Wildman–Crippen LogP) is 1.68. The van der Waals surface area contributed by atoms with Crippen LogP contribution in [0.25, 0.3) is 11.2 Å². The average molecular weight is 736 g/mol. The fourth-order valence-electron chi connectivity index (χ4n) is 6.32. The van der Waals surface area contributed by atoms with Crippen LogP contribution in [0.4, 0.5) is 11.8 Å². The molecule has 2 fully saturated rings. The standard InChI is InChI=1S/C33H38N9O9P/c34-26-11-12-41(33(46)37-26)28-14-23(24(17-43)49-28)51-52(47,40(15-20-7-3-1-4-8-20)16-21-9-5-2-6-10-21)48-18-25-22(44)13-27(50-25)42-19-36-29-30(42)38-32(35)39-31(29)45/h1-12,19,22-25,27-28,43-44H,13-18H2,(H2,34,37,46)(H3,35,38,39,45). The van der Waals surface area contributed by atoms with Gasteiger partial charge in [-0.15, -0.1) is 0 Å². The number of aliphatic hydroxyl groups is 2. The molecule has 0 saturated carbocycles. The second-order valence-corrected chi connectivity index (χ2v) is 14.5. The Hall–Kier alpha value is -4.78. The summed E-state index contributed by atoms with van der Waals surface area (Å²) in [6, 6.07) is 20.1. The largest absolute Gasteiger partial charge is 0.409 e. The van der Waals surface area contributed by atoms with E-state index in [9.17, 15) is 19.8 Å². The number of nitrogens with one attached hydrogen (secondary N) is 1. The van der Waals surface area contributed by atoms with Crippen LogP contribution in [0.5, 0.6) is 0 Å². The summed E-state index contributed by atoms with van der Waals surface area (Å²) in [5.41, 5.74) is 12.1. The fraction of sp³-hybridized carbons (Fsp3) is 0.364. The monoisotopic (exact) mass is 735 g/mol. The Kier molecular flexibility index (Phi) is 10.3. The number of aliphatic hydroxyl groups excluding tert-OH is 2. The molecule has 19 heteroatoms. The molecule has 5 aromatic rings. The van der Waals surface area contributed by atoms with Crippen molar-refractivity contribution in [1.82, 2.24) is 33.7 Å². The lowest BCUT2D eigenvalue weighted by Gasteiger charge is -2.33. The number of rotatable bonds is 13. The van der Waals surface area contributed by atoms with E-state index < -0.39 is 62.5 Å². The summed E-state index contributed by atoms with van der Waals surface area (Å²) in [6.07, 6.45) is -2.89. The minimum atomic E-state index is -4.37. The Labute approximate surface area is 296 Å². The summed E-state index contributed by atoms with van der Waals surface area (Å²) in [6.45, 7) is -0.620. The van der Waals surface area contributed by atoms with E-state index >= 15 is 4.57 Å². The zero-order chi connectivity index (χ0) is 36.4. The Bertz CT molecular complexity index is 2130. The molecule has 7 N–H and O–H groups in total. The van der Waals surface area contributed by atoms with Gasteiger partial charge < -0.3 is 31.2 Å². The van der Waals surface area contributed by atoms with E-state index in [0.29, 0.717) is 0 Å². The third kappa shape index (κ3) is 7.55. The molecule has 52 heavy (non-hydrogen) atoms. The highest BCUT2D eigenvalue weighted by Gasteiger charge is 2.46. The van der Waals surface area contributed by atoms with Gasteiger partial charge in [0.05, 0.1) is 25.6 Å². The molecule has 274 valence electrons. The highest BCUT2D eigenvalue weighted by molar-refractivity contribution is 7.51. The van der Waals surface area contributed by atoms with Crippen LogP contribution >= 0.6 is 7.75 Å². The summed E-state index contributed by atoms with van der Waals surface area (Å²) in [5.74, 6) is -0.0699. The molecule has 7 rings (SSSR count). The number of aromatic nitrogens is 6. The number of imidazole rings is 1. The number of nitrogen functional groups attached to an aromatic ring is 2. The number of benzene rings is 2. The first-order chi connectivity index (χ1) is 25.1. The number of hydrogen-bond donors (Lipinski definition) is 5. The van der Waals surface area contributed by atoms with Crippen molar-refractivity contribution in [1.29, 1.82) is 0 Å². The molecule has 0 bridgehead atoms. The quantitative estimate of drug-likeness (QED) is 0.108. The van der Waals surface area contributed by atoms with Crippen molar-refractivity contribution >= 4 is 30.7 Å². The Morgan fingerprint density at radius 3 is 2.23 bits per heavy atom. The molecule has 3 aromatic heterocycles. The van der Waals surface area contributed by atoms with Crippen molar-refractivity contribution < 1.29 is 33.3 Å². The van der Waals surface area contributed by atoms with Gasteiger partial charge >= 0.3 is 13.4 Å². The van der Waals surface area contributed by atoms with E-state index in [4.69, 9.17) is 30.0 Å². The van der Waals surface area contributed by atoms with Gasteiger partial charge in [0.2, 0.25) is 5.95 Å². The van der Waals surface area contributed by atoms with E-state index in [2.05, 4.69) is 19.9 Å². The zero-order valence-corrected chi connectivity index (χ0v) is 28.6. The van der Waals surface area contributed by atoms with Crippen molar-refractivity contribution in [2.75, 3.05) is 24.7 Å². The third-order valence-corrected chi connectivity index (χ3v) is 10.9. The van der Waals surface area contributed by atoms with E-state index in [0.717, 1.165) is 11.1 Å². The van der Waals surface area contributed by atoms with Crippen LogP contribution in [-0.4, -0.2) is 81.6 Å². The van der Waals surface area contributed by atoms with Crippen LogP contribution in [0.1, 0.15) is 36.4 Å². The number of nitrogens with two attached hydrogens (primary N) is 2. The zero-order valence-electron chi connectivity index (χ0n) is 27.7. The minimum absolute atomic E-state index is 0.0161. The van der Waals surface area contributed by atoms with Crippen LogP contribution < -0.4 is 22.7 Å². The SMILES string of the molecule is Nc1ccn(C2CC(OP(=O)(OCC3OC(n4cnc5c(=O)[nH]c(N)nc54)CC3O)N(Cc3ccccc3)Cc3ccccc3)C(CO)O2)c(=O)n1. The second-order valence-electron chi connectivity index (χ2n) is 12.5. The molecule has 7 atom stereocenters. The van der Waals surface area contributed by atoms with Crippen LogP contribution in [0.3, 0.4) is 0 Å². The summed E-state index contributed by atoms with van der Waals surface area (Å²) in [7, 11) is -4.37. The molecule has 0 radical (unpaired) electrons. The van der Waals surface area contributed by atoms with Crippen molar-refractivity contribution in [3.8, 4) is 0 Å². The number of nitrogens with zero attached hydrogens (tertiary/aromatic N) is 6. The molecule has 0 amide bonds. The summed E-state index contributed by atoms with van der Waals surface area (Å²) < 4.78 is 44.4. The Morgan fingerprint density at radius 2 is 1.58 bits per heavy atom. The molecular formula is C33H38N9O9P. The van der Waals surface area contributed by atoms with Gasteiger partial charge in [0.25, 0.3) is 5.56 Å². The van der Waals surface area contributed by atoms with Crippen LogP contribution in [0, 0.1) is 0 Å². The smallest absolute Gasteiger partial charge is 0.394 e. The molecule has 5 heterocycles. The number of anilines is 2. The van der Waals surface area contributed by atoms with Gasteiger partial charge in [0.1, 0.15) is 36.6 Å². The first kappa shape index (κ1) is 35.6. The topological polar surface area (TPSA) is 248 Å². The van der Waals surface area contributed by atoms with Crippen molar-refractivity contribution in [2.45, 2.75) is 62.8 Å². The highest BCUT2D eigenvalue weighted by Crippen LogP contribution is 2.57. The number of H-pyrrole nitrogens is 1. The third-order valence-electron chi connectivity index (χ3n) is 8.92. The first-order valence-electron chi connectivity index (χ1n) is 16.5. The van der Waals surface area contributed by atoms with Crippen LogP contribution in [-0.2, 0) is 36.2 Å². The van der Waals surface area contributed by atoms with Gasteiger partial charge in [-0.05, 0) is 17.2 Å². The summed E-state index contributed by atoms with van der Waals surface area (Å²) in [5, 5.41) is 21.4. The van der Waals surface area contributed by atoms with Crippen molar-refractivity contribution in [3.63, 3.8) is 0 Å². The van der Waals surface area contributed by atoms with E-state index in [-0.39, 0.29) is 55.5 Å². The summed E-state index contributed by atoms with van der Waals surface area (Å²) in [4.78, 5) is 39.5. The van der Waals surface area contributed by atoms with E-state index in [1.165, 1.54) is 27.7 Å². The maximum atomic E-state index is 15.4. The van der Waals surface area contributed by atoms with Gasteiger partial charge in [-0.1, -0.05) is 60.7 Å². The van der Waals surface area contributed by atoms with Crippen LogP contribution in [0.2, 0.25) is 0 Å². The average Bonchev–Trinajstić information content (AvgIpc) is 3.84. The Morgan fingerprint density at radius 1 is 0.923 bits per heavy atom. The number of aromatic amines is 1. The van der Waals surface area contributed by atoms with Gasteiger partial charge in [-0.3, -0.25) is 28.0 Å². The lowest BCUT2D eigenvalue weighted by molar-refractivity contribution is -0.0552. The number of fused-ring (bicyclic) bond motifs is 1. The Balaban J connectivity index is 1.18.